The van der Waals surface area contributed by atoms with Gasteiger partial charge in [0.1, 0.15) is 5.75 Å². The number of carbonyl (C=O) groups is 1. The van der Waals surface area contributed by atoms with Crippen LogP contribution in [0.25, 0.3) is 0 Å². The molecule has 2 aromatic rings. The Kier molecular flexibility index (Phi) is 8.88. The number of sulfonamides is 1. The van der Waals surface area contributed by atoms with E-state index in [1.165, 1.54) is 4.90 Å². The zero-order valence-corrected chi connectivity index (χ0v) is 18.6. The molecular weight excluding hydrogens is 453 g/mol. The standard InChI is InChI=1S/C19H23Cl2N3O5S/c1-30(27,28)23-14-3-6-16(7-4-14)29-12-2-10-24(19(25)26)11-9-22-15-5-8-17(20)18(21)13-15/h3-8,13,22-23H,2,9-12H2,1H3,(H,25,26). The van der Waals surface area contributed by atoms with Crippen LogP contribution < -0.4 is 14.8 Å². The lowest BCUT2D eigenvalue weighted by atomic mass is 10.3. The smallest absolute Gasteiger partial charge is 0.407 e. The maximum atomic E-state index is 11.4. The summed E-state index contributed by atoms with van der Waals surface area (Å²) < 4.78 is 30.3. The van der Waals surface area contributed by atoms with Crippen molar-refractivity contribution >= 4 is 50.7 Å². The molecular formula is C19H23Cl2N3O5S. The summed E-state index contributed by atoms with van der Waals surface area (Å²) in [5.41, 5.74) is 1.20. The first-order valence-corrected chi connectivity index (χ1v) is 11.7. The van der Waals surface area contributed by atoms with Crippen LogP contribution in [0.4, 0.5) is 16.2 Å². The first-order valence-electron chi connectivity index (χ1n) is 9.01. The van der Waals surface area contributed by atoms with Crippen molar-refractivity contribution in [2.24, 2.45) is 0 Å². The van der Waals surface area contributed by atoms with Crippen LogP contribution in [0.2, 0.25) is 10.0 Å². The van der Waals surface area contributed by atoms with Crippen LogP contribution in [-0.4, -0.2) is 57.0 Å². The fourth-order valence-electron chi connectivity index (χ4n) is 2.52. The van der Waals surface area contributed by atoms with Crippen LogP contribution in [0.3, 0.4) is 0 Å². The largest absolute Gasteiger partial charge is 0.494 e. The first kappa shape index (κ1) is 23.9. The van der Waals surface area contributed by atoms with Gasteiger partial charge in [0.05, 0.1) is 22.9 Å². The molecule has 3 N–H and O–H groups in total. The molecule has 0 fully saturated rings. The predicted octanol–water partition coefficient (Wildman–Crippen LogP) is 4.23. The summed E-state index contributed by atoms with van der Waals surface area (Å²) in [4.78, 5) is 12.7. The van der Waals surface area contributed by atoms with Crippen molar-refractivity contribution in [1.29, 1.82) is 0 Å². The van der Waals surface area contributed by atoms with Crippen LogP contribution in [0.15, 0.2) is 42.5 Å². The van der Waals surface area contributed by atoms with Gasteiger partial charge in [0.15, 0.2) is 0 Å². The summed E-state index contributed by atoms with van der Waals surface area (Å²) in [7, 11) is -3.33. The molecule has 1 amide bonds. The topological polar surface area (TPSA) is 108 Å². The number of carboxylic acid groups (broad SMARTS) is 1. The van der Waals surface area contributed by atoms with Crippen molar-refractivity contribution in [3.63, 3.8) is 0 Å². The fraction of sp³-hybridized carbons (Fsp3) is 0.316. The van der Waals surface area contributed by atoms with Gasteiger partial charge in [-0.2, -0.15) is 0 Å². The van der Waals surface area contributed by atoms with Crippen molar-refractivity contribution in [3.05, 3.63) is 52.5 Å². The van der Waals surface area contributed by atoms with E-state index < -0.39 is 16.1 Å². The molecule has 2 aromatic carbocycles. The highest BCUT2D eigenvalue weighted by atomic mass is 35.5. The molecule has 0 aliphatic carbocycles. The highest BCUT2D eigenvalue weighted by Crippen LogP contribution is 2.24. The summed E-state index contributed by atoms with van der Waals surface area (Å²) in [6, 6.07) is 11.6. The molecule has 30 heavy (non-hydrogen) atoms. The molecule has 164 valence electrons. The lowest BCUT2D eigenvalue weighted by Gasteiger charge is -2.20. The monoisotopic (exact) mass is 475 g/mol. The van der Waals surface area contributed by atoms with Gasteiger partial charge in [0.2, 0.25) is 10.0 Å². The molecule has 0 spiro atoms. The average Bonchev–Trinajstić information content (AvgIpc) is 2.66. The SMILES string of the molecule is CS(=O)(=O)Nc1ccc(OCCCN(CCNc2ccc(Cl)c(Cl)c2)C(=O)O)cc1. The number of nitrogens with zero attached hydrogens (tertiary/aromatic N) is 1. The number of halogens is 2. The number of nitrogens with one attached hydrogen (secondary N) is 2. The molecule has 2 rings (SSSR count). The minimum Gasteiger partial charge on any atom is -0.494 e. The van der Waals surface area contributed by atoms with E-state index in [1.807, 2.05) is 0 Å². The third-order valence-corrected chi connectivity index (χ3v) is 5.25. The van der Waals surface area contributed by atoms with Gasteiger partial charge in [-0.05, 0) is 48.9 Å². The summed E-state index contributed by atoms with van der Waals surface area (Å²) >= 11 is 11.8. The molecule has 0 saturated carbocycles. The molecule has 0 aliphatic heterocycles. The van der Waals surface area contributed by atoms with Crippen molar-refractivity contribution in [2.75, 3.05) is 42.5 Å². The Morgan fingerprint density at radius 3 is 2.33 bits per heavy atom. The second-order valence-electron chi connectivity index (χ2n) is 6.43. The third kappa shape index (κ3) is 8.56. The maximum absolute atomic E-state index is 11.4. The number of rotatable bonds is 11. The normalized spacial score (nSPS) is 11.0. The number of anilines is 2. The Labute approximate surface area is 185 Å². The first-order chi connectivity index (χ1) is 14.1. The van der Waals surface area contributed by atoms with Gasteiger partial charge in [0, 0.05) is 31.0 Å². The Balaban J connectivity index is 1.72. The minimum atomic E-state index is -3.33. The van der Waals surface area contributed by atoms with Crippen LogP contribution in [0.5, 0.6) is 5.75 Å². The van der Waals surface area contributed by atoms with Gasteiger partial charge in [-0.3, -0.25) is 4.72 Å². The molecule has 0 heterocycles. The van der Waals surface area contributed by atoms with Gasteiger partial charge in [-0.1, -0.05) is 23.2 Å². The molecule has 0 saturated heterocycles. The molecule has 0 aliphatic rings. The molecule has 0 atom stereocenters. The lowest BCUT2D eigenvalue weighted by Crippen LogP contribution is -2.35. The van der Waals surface area contributed by atoms with Crippen molar-refractivity contribution < 1.29 is 23.1 Å². The summed E-state index contributed by atoms with van der Waals surface area (Å²) in [5, 5.41) is 13.3. The van der Waals surface area contributed by atoms with Crippen molar-refractivity contribution in [2.45, 2.75) is 6.42 Å². The zero-order chi connectivity index (χ0) is 22.1. The van der Waals surface area contributed by atoms with Crippen molar-refractivity contribution in [1.82, 2.24) is 4.90 Å². The fourth-order valence-corrected chi connectivity index (χ4v) is 3.39. The summed E-state index contributed by atoms with van der Waals surface area (Å²) in [6.07, 6.45) is 0.566. The number of benzene rings is 2. The Hall–Kier alpha value is -2.36. The van der Waals surface area contributed by atoms with Gasteiger partial charge >= 0.3 is 6.09 Å². The molecule has 0 bridgehead atoms. The number of amides is 1. The van der Waals surface area contributed by atoms with Gasteiger partial charge in [-0.15, -0.1) is 0 Å². The highest BCUT2D eigenvalue weighted by Gasteiger charge is 2.11. The quantitative estimate of drug-likeness (QED) is 0.419. The van der Waals surface area contributed by atoms with E-state index in [9.17, 15) is 18.3 Å². The van der Waals surface area contributed by atoms with Gasteiger partial charge in [-0.25, -0.2) is 13.2 Å². The molecule has 0 radical (unpaired) electrons. The zero-order valence-electron chi connectivity index (χ0n) is 16.3. The average molecular weight is 476 g/mol. The second-order valence-corrected chi connectivity index (χ2v) is 8.99. The van der Waals surface area contributed by atoms with E-state index in [0.29, 0.717) is 54.1 Å². The molecule has 8 nitrogen and oxygen atoms in total. The molecule has 0 unspecified atom stereocenters. The third-order valence-electron chi connectivity index (χ3n) is 3.90. The number of hydrogen-bond acceptors (Lipinski definition) is 5. The highest BCUT2D eigenvalue weighted by molar-refractivity contribution is 7.92. The predicted molar refractivity (Wildman–Crippen MR) is 120 cm³/mol. The molecule has 0 aromatic heterocycles. The summed E-state index contributed by atoms with van der Waals surface area (Å²) in [6.45, 7) is 1.34. The number of ether oxygens (including phenoxy) is 1. The lowest BCUT2D eigenvalue weighted by molar-refractivity contribution is 0.143. The van der Waals surface area contributed by atoms with Crippen LogP contribution >= 0.6 is 23.2 Å². The Bertz CT molecular complexity index is 955. The minimum absolute atomic E-state index is 0.293. The Morgan fingerprint density at radius 1 is 1.07 bits per heavy atom. The van der Waals surface area contributed by atoms with Crippen LogP contribution in [0, 0.1) is 0 Å². The molecule has 11 heteroatoms. The van der Waals surface area contributed by atoms with Crippen LogP contribution in [0.1, 0.15) is 6.42 Å². The van der Waals surface area contributed by atoms with E-state index in [1.54, 1.807) is 42.5 Å². The Morgan fingerprint density at radius 2 is 1.73 bits per heavy atom. The van der Waals surface area contributed by atoms with E-state index >= 15 is 0 Å². The van der Waals surface area contributed by atoms with E-state index in [2.05, 4.69) is 10.0 Å². The second kappa shape index (κ2) is 11.1. The van der Waals surface area contributed by atoms with E-state index in [4.69, 9.17) is 27.9 Å². The van der Waals surface area contributed by atoms with Gasteiger partial charge < -0.3 is 20.1 Å². The summed E-state index contributed by atoms with van der Waals surface area (Å²) in [5.74, 6) is 0.567. The van der Waals surface area contributed by atoms with Crippen molar-refractivity contribution in [3.8, 4) is 5.75 Å². The number of hydrogen-bond donors (Lipinski definition) is 3. The van der Waals surface area contributed by atoms with E-state index in [0.717, 1.165) is 11.9 Å². The van der Waals surface area contributed by atoms with Gasteiger partial charge in [0.25, 0.3) is 0 Å². The maximum Gasteiger partial charge on any atom is 0.407 e. The van der Waals surface area contributed by atoms with Crippen LogP contribution in [-0.2, 0) is 10.0 Å². The van der Waals surface area contributed by atoms with E-state index in [-0.39, 0.29) is 0 Å².